The van der Waals surface area contributed by atoms with Crippen molar-refractivity contribution in [3.63, 3.8) is 0 Å². The molecule has 0 fully saturated rings. The highest BCUT2D eigenvalue weighted by molar-refractivity contribution is 14.0. The normalized spacial score (nSPS) is 11.0. The molecule has 0 aromatic carbocycles. The van der Waals surface area contributed by atoms with Crippen LogP contribution in [0.4, 0.5) is 0 Å². The highest BCUT2D eigenvalue weighted by atomic mass is 127. The molecule has 2 rings (SSSR count). The Morgan fingerprint density at radius 2 is 2.22 bits per heavy atom. The minimum absolute atomic E-state index is 0. The standard InChI is InChI=1S/C15H22N6O.HI/c1-3-16-15(18-8-10-22-2)19-12-13-5-7-17-14(11-13)21-9-4-6-20-21;/h4-7,9,11H,3,8,10,12H2,1-2H3,(H2,16,18,19);1H. The molecule has 0 radical (unpaired) electrons. The zero-order valence-corrected chi connectivity index (χ0v) is 15.7. The van der Waals surface area contributed by atoms with Crippen molar-refractivity contribution in [2.24, 2.45) is 4.99 Å². The fraction of sp³-hybridized carbons (Fsp3) is 0.400. The third kappa shape index (κ3) is 6.53. The first-order valence-electron chi connectivity index (χ1n) is 7.29. The van der Waals surface area contributed by atoms with E-state index in [0.717, 1.165) is 30.4 Å². The van der Waals surface area contributed by atoms with Gasteiger partial charge in [-0.05, 0) is 30.7 Å². The van der Waals surface area contributed by atoms with Crippen molar-refractivity contribution < 1.29 is 4.74 Å². The van der Waals surface area contributed by atoms with Crippen molar-refractivity contribution in [3.05, 3.63) is 42.4 Å². The van der Waals surface area contributed by atoms with Gasteiger partial charge in [0.2, 0.25) is 0 Å². The van der Waals surface area contributed by atoms with Crippen LogP contribution in [0, 0.1) is 0 Å². The van der Waals surface area contributed by atoms with Crippen molar-refractivity contribution in [2.45, 2.75) is 13.5 Å². The molecule has 0 unspecified atom stereocenters. The van der Waals surface area contributed by atoms with Gasteiger partial charge >= 0.3 is 0 Å². The molecule has 0 saturated heterocycles. The van der Waals surface area contributed by atoms with Gasteiger partial charge in [-0.1, -0.05) is 0 Å². The molecule has 23 heavy (non-hydrogen) atoms. The number of rotatable bonds is 7. The number of halogens is 1. The molecule has 0 aliphatic heterocycles. The second-order valence-corrected chi connectivity index (χ2v) is 4.59. The van der Waals surface area contributed by atoms with E-state index in [1.54, 1.807) is 24.2 Å². The number of ether oxygens (including phenoxy) is 1. The van der Waals surface area contributed by atoms with Crippen LogP contribution in [0.2, 0.25) is 0 Å². The van der Waals surface area contributed by atoms with Gasteiger partial charge in [0.25, 0.3) is 0 Å². The second kappa shape index (κ2) is 10.9. The maximum Gasteiger partial charge on any atom is 0.191 e. The Hall–Kier alpha value is -1.68. The number of nitrogens with one attached hydrogen (secondary N) is 2. The van der Waals surface area contributed by atoms with E-state index < -0.39 is 0 Å². The Bertz CT molecular complexity index is 587. The summed E-state index contributed by atoms with van der Waals surface area (Å²) >= 11 is 0. The van der Waals surface area contributed by atoms with Crippen molar-refractivity contribution in [2.75, 3.05) is 26.8 Å². The van der Waals surface area contributed by atoms with E-state index in [1.165, 1.54) is 0 Å². The topological polar surface area (TPSA) is 76.4 Å². The van der Waals surface area contributed by atoms with Crippen LogP contribution in [0.25, 0.3) is 5.82 Å². The van der Waals surface area contributed by atoms with Gasteiger partial charge in [-0.25, -0.2) is 14.7 Å². The predicted octanol–water partition coefficient (Wildman–Crippen LogP) is 1.59. The third-order valence-electron chi connectivity index (χ3n) is 2.91. The van der Waals surface area contributed by atoms with Crippen LogP contribution in [0.5, 0.6) is 0 Å². The summed E-state index contributed by atoms with van der Waals surface area (Å²) in [5, 5.41) is 10.6. The molecule has 0 amide bonds. The van der Waals surface area contributed by atoms with E-state index in [4.69, 9.17) is 4.74 Å². The molecular formula is C15H23IN6O. The van der Waals surface area contributed by atoms with E-state index in [-0.39, 0.29) is 24.0 Å². The molecule has 0 aliphatic rings. The van der Waals surface area contributed by atoms with Crippen LogP contribution in [-0.4, -0.2) is 47.5 Å². The molecular weight excluding hydrogens is 407 g/mol. The molecule has 0 saturated carbocycles. The third-order valence-corrected chi connectivity index (χ3v) is 2.91. The van der Waals surface area contributed by atoms with Crippen LogP contribution in [0.15, 0.2) is 41.8 Å². The molecule has 0 spiro atoms. The number of aromatic nitrogens is 3. The summed E-state index contributed by atoms with van der Waals surface area (Å²) in [4.78, 5) is 8.87. The summed E-state index contributed by atoms with van der Waals surface area (Å²) in [5.74, 6) is 1.56. The molecule has 2 N–H and O–H groups in total. The Kier molecular flexibility index (Phi) is 9.22. The predicted molar refractivity (Wildman–Crippen MR) is 101 cm³/mol. The number of hydrogen-bond acceptors (Lipinski definition) is 4. The fourth-order valence-electron chi connectivity index (χ4n) is 1.87. The van der Waals surface area contributed by atoms with E-state index >= 15 is 0 Å². The summed E-state index contributed by atoms with van der Waals surface area (Å²) in [6.07, 6.45) is 5.37. The zero-order valence-electron chi connectivity index (χ0n) is 13.4. The molecule has 0 bridgehead atoms. The zero-order chi connectivity index (χ0) is 15.6. The monoisotopic (exact) mass is 430 g/mol. The largest absolute Gasteiger partial charge is 0.383 e. The minimum atomic E-state index is 0. The van der Waals surface area contributed by atoms with E-state index in [9.17, 15) is 0 Å². The second-order valence-electron chi connectivity index (χ2n) is 4.59. The van der Waals surface area contributed by atoms with Gasteiger partial charge in [0.15, 0.2) is 11.8 Å². The summed E-state index contributed by atoms with van der Waals surface area (Å²) in [7, 11) is 1.68. The van der Waals surface area contributed by atoms with Crippen LogP contribution in [0.3, 0.4) is 0 Å². The summed E-state index contributed by atoms with van der Waals surface area (Å²) in [6, 6.07) is 5.81. The number of nitrogens with zero attached hydrogens (tertiary/aromatic N) is 4. The lowest BCUT2D eigenvalue weighted by Crippen LogP contribution is -2.38. The maximum atomic E-state index is 5.03. The molecule has 2 heterocycles. The van der Waals surface area contributed by atoms with Crippen molar-refractivity contribution in [3.8, 4) is 5.82 Å². The molecule has 7 nitrogen and oxygen atoms in total. The number of hydrogen-bond donors (Lipinski definition) is 2. The van der Waals surface area contributed by atoms with E-state index in [2.05, 4.69) is 25.7 Å². The maximum absolute atomic E-state index is 5.03. The molecule has 2 aromatic rings. The van der Waals surface area contributed by atoms with Gasteiger partial charge in [0.05, 0.1) is 13.2 Å². The van der Waals surface area contributed by atoms with Gasteiger partial charge in [-0.3, -0.25) is 0 Å². The first-order valence-corrected chi connectivity index (χ1v) is 7.29. The quantitative estimate of drug-likeness (QED) is 0.302. The highest BCUT2D eigenvalue weighted by Crippen LogP contribution is 2.07. The SMILES string of the molecule is CCNC(=NCc1ccnc(-n2cccn2)c1)NCCOC.I. The lowest BCUT2D eigenvalue weighted by Gasteiger charge is -2.11. The summed E-state index contributed by atoms with van der Waals surface area (Å²) < 4.78 is 6.76. The van der Waals surface area contributed by atoms with Gasteiger partial charge in [-0.2, -0.15) is 5.10 Å². The van der Waals surface area contributed by atoms with Crippen LogP contribution < -0.4 is 10.6 Å². The number of guanidine groups is 1. The lowest BCUT2D eigenvalue weighted by molar-refractivity contribution is 0.203. The molecule has 0 atom stereocenters. The van der Waals surface area contributed by atoms with E-state index in [0.29, 0.717) is 13.2 Å². The first kappa shape index (κ1) is 19.4. The summed E-state index contributed by atoms with van der Waals surface area (Å²) in [5.41, 5.74) is 1.07. The number of pyridine rings is 1. The Labute approximate surface area is 153 Å². The molecule has 0 aliphatic carbocycles. The Morgan fingerprint density at radius 1 is 1.35 bits per heavy atom. The fourth-order valence-corrected chi connectivity index (χ4v) is 1.87. The van der Waals surface area contributed by atoms with Crippen LogP contribution in [-0.2, 0) is 11.3 Å². The Balaban J connectivity index is 0.00000264. The summed E-state index contributed by atoms with van der Waals surface area (Å²) in [6.45, 7) is 4.78. The van der Waals surface area contributed by atoms with Crippen LogP contribution >= 0.6 is 24.0 Å². The van der Waals surface area contributed by atoms with Crippen molar-refractivity contribution in [1.29, 1.82) is 0 Å². The van der Waals surface area contributed by atoms with Crippen molar-refractivity contribution in [1.82, 2.24) is 25.4 Å². The van der Waals surface area contributed by atoms with Gasteiger partial charge in [0, 0.05) is 38.8 Å². The van der Waals surface area contributed by atoms with Gasteiger partial charge in [0.1, 0.15) is 0 Å². The van der Waals surface area contributed by atoms with Gasteiger partial charge < -0.3 is 15.4 Å². The van der Waals surface area contributed by atoms with Crippen LogP contribution in [0.1, 0.15) is 12.5 Å². The van der Waals surface area contributed by atoms with E-state index in [1.807, 2.05) is 31.3 Å². The smallest absolute Gasteiger partial charge is 0.191 e. The average molecular weight is 430 g/mol. The Morgan fingerprint density at radius 3 is 2.91 bits per heavy atom. The molecule has 2 aromatic heterocycles. The number of aliphatic imine (C=N–C) groups is 1. The molecule has 126 valence electrons. The van der Waals surface area contributed by atoms with Gasteiger partial charge in [-0.15, -0.1) is 24.0 Å². The number of methoxy groups -OCH3 is 1. The highest BCUT2D eigenvalue weighted by Gasteiger charge is 2.01. The first-order chi connectivity index (χ1) is 10.8. The molecule has 8 heteroatoms. The average Bonchev–Trinajstić information content (AvgIpc) is 3.07. The lowest BCUT2D eigenvalue weighted by atomic mass is 10.2. The minimum Gasteiger partial charge on any atom is -0.383 e. The van der Waals surface area contributed by atoms with Crippen molar-refractivity contribution >= 4 is 29.9 Å².